The predicted molar refractivity (Wildman–Crippen MR) is 55.1 cm³/mol. The standard InChI is InChI=1S/C11H11FN2O2/c1-11(7-5-3-4-6-8(7)12)9(15)14(2)10(16)13-11/h3-6H,1-2H3,(H,13,16)/t11-/m0/s1. The van der Waals surface area contributed by atoms with E-state index in [0.29, 0.717) is 0 Å². The van der Waals surface area contributed by atoms with E-state index in [1.165, 1.54) is 32.2 Å². The largest absolute Gasteiger partial charge is 0.325 e. The third-order valence-electron chi connectivity index (χ3n) is 2.81. The van der Waals surface area contributed by atoms with Crippen molar-refractivity contribution in [3.8, 4) is 0 Å². The summed E-state index contributed by atoms with van der Waals surface area (Å²) in [5.41, 5.74) is -1.13. The number of carbonyl (C=O) groups excluding carboxylic acids is 2. The minimum absolute atomic E-state index is 0.178. The molecule has 1 N–H and O–H groups in total. The van der Waals surface area contributed by atoms with Crippen molar-refractivity contribution < 1.29 is 14.0 Å². The number of carbonyl (C=O) groups is 2. The molecule has 1 fully saturated rings. The molecule has 1 aromatic rings. The number of rotatable bonds is 1. The Balaban J connectivity index is 2.53. The first-order valence-electron chi connectivity index (χ1n) is 4.82. The van der Waals surface area contributed by atoms with E-state index in [9.17, 15) is 14.0 Å². The maximum absolute atomic E-state index is 13.6. The molecule has 0 radical (unpaired) electrons. The number of halogens is 1. The second-order valence-corrected chi connectivity index (χ2v) is 3.90. The summed E-state index contributed by atoms with van der Waals surface area (Å²) in [6.45, 7) is 1.50. The Morgan fingerprint density at radius 1 is 1.31 bits per heavy atom. The van der Waals surface area contributed by atoms with Gasteiger partial charge in [-0.15, -0.1) is 0 Å². The molecule has 1 aliphatic rings. The Hall–Kier alpha value is -1.91. The SMILES string of the molecule is CN1C(=O)N[C@@](C)(c2ccccc2F)C1=O. The van der Waals surface area contributed by atoms with Crippen molar-refractivity contribution in [1.29, 1.82) is 0 Å². The molecule has 0 aliphatic carbocycles. The first kappa shape index (κ1) is 10.6. The van der Waals surface area contributed by atoms with Crippen molar-refractivity contribution in [2.45, 2.75) is 12.5 Å². The number of hydrogen-bond acceptors (Lipinski definition) is 2. The average molecular weight is 222 g/mol. The van der Waals surface area contributed by atoms with Crippen LogP contribution in [0.5, 0.6) is 0 Å². The maximum atomic E-state index is 13.6. The molecule has 0 spiro atoms. The zero-order chi connectivity index (χ0) is 11.9. The van der Waals surface area contributed by atoms with Crippen LogP contribution in [-0.4, -0.2) is 23.9 Å². The smallest absolute Gasteiger partial charge is 0.319 e. The average Bonchev–Trinajstić information content (AvgIpc) is 2.44. The van der Waals surface area contributed by atoms with Crippen molar-refractivity contribution in [1.82, 2.24) is 10.2 Å². The molecule has 1 aromatic carbocycles. The van der Waals surface area contributed by atoms with Gasteiger partial charge in [-0.05, 0) is 13.0 Å². The van der Waals surface area contributed by atoms with E-state index in [-0.39, 0.29) is 5.56 Å². The van der Waals surface area contributed by atoms with E-state index in [1.807, 2.05) is 0 Å². The molecule has 0 saturated carbocycles. The summed E-state index contributed by atoms with van der Waals surface area (Å²) in [5, 5.41) is 2.48. The van der Waals surface area contributed by atoms with Gasteiger partial charge in [0.2, 0.25) is 0 Å². The van der Waals surface area contributed by atoms with Crippen LogP contribution in [0.15, 0.2) is 24.3 Å². The van der Waals surface area contributed by atoms with Crippen molar-refractivity contribution in [2.75, 3.05) is 7.05 Å². The molecule has 1 atom stereocenters. The van der Waals surface area contributed by atoms with E-state index in [4.69, 9.17) is 0 Å². The highest BCUT2D eigenvalue weighted by Gasteiger charge is 2.48. The summed E-state index contributed by atoms with van der Waals surface area (Å²) in [6, 6.07) is 5.40. The van der Waals surface area contributed by atoms with Crippen LogP contribution in [-0.2, 0) is 10.3 Å². The molecule has 0 aromatic heterocycles. The van der Waals surface area contributed by atoms with E-state index in [1.54, 1.807) is 6.07 Å². The van der Waals surface area contributed by atoms with Gasteiger partial charge >= 0.3 is 6.03 Å². The van der Waals surface area contributed by atoms with Gasteiger partial charge in [-0.3, -0.25) is 9.69 Å². The topological polar surface area (TPSA) is 49.4 Å². The second-order valence-electron chi connectivity index (χ2n) is 3.90. The van der Waals surface area contributed by atoms with Crippen LogP contribution in [0.2, 0.25) is 0 Å². The molecule has 2 rings (SSSR count). The highest BCUT2D eigenvalue weighted by atomic mass is 19.1. The molecule has 84 valence electrons. The van der Waals surface area contributed by atoms with Gasteiger partial charge in [-0.25, -0.2) is 9.18 Å². The molecule has 1 aliphatic heterocycles. The van der Waals surface area contributed by atoms with Crippen molar-refractivity contribution >= 4 is 11.9 Å². The van der Waals surface area contributed by atoms with E-state index < -0.39 is 23.3 Å². The number of nitrogens with zero attached hydrogens (tertiary/aromatic N) is 1. The summed E-state index contributed by atoms with van der Waals surface area (Å²) in [5.74, 6) is -0.962. The van der Waals surface area contributed by atoms with Crippen molar-refractivity contribution in [2.24, 2.45) is 0 Å². The van der Waals surface area contributed by atoms with Gasteiger partial charge in [0.15, 0.2) is 0 Å². The highest BCUT2D eigenvalue weighted by molar-refractivity contribution is 6.06. The van der Waals surface area contributed by atoms with Crippen LogP contribution in [0.1, 0.15) is 12.5 Å². The van der Waals surface area contributed by atoms with Gasteiger partial charge < -0.3 is 5.32 Å². The fourth-order valence-electron chi connectivity index (χ4n) is 1.83. The van der Waals surface area contributed by atoms with Crippen LogP contribution < -0.4 is 5.32 Å². The number of likely N-dealkylation sites (N-methyl/N-ethyl adjacent to an activating group) is 1. The Bertz CT molecular complexity index is 475. The lowest BCUT2D eigenvalue weighted by Crippen LogP contribution is -2.41. The lowest BCUT2D eigenvalue weighted by Gasteiger charge is -2.21. The van der Waals surface area contributed by atoms with Gasteiger partial charge in [0, 0.05) is 12.6 Å². The number of nitrogens with one attached hydrogen (secondary N) is 1. The molecular formula is C11H11FN2O2. The maximum Gasteiger partial charge on any atom is 0.325 e. The Kier molecular flexibility index (Phi) is 2.18. The van der Waals surface area contributed by atoms with Crippen LogP contribution in [0, 0.1) is 5.82 Å². The minimum atomic E-state index is -1.31. The molecule has 1 saturated heterocycles. The summed E-state index contributed by atoms with van der Waals surface area (Å²) >= 11 is 0. The number of benzene rings is 1. The summed E-state index contributed by atoms with van der Waals surface area (Å²) < 4.78 is 13.6. The van der Waals surface area contributed by atoms with Crippen LogP contribution >= 0.6 is 0 Å². The number of urea groups is 1. The third kappa shape index (κ3) is 1.28. The fourth-order valence-corrected chi connectivity index (χ4v) is 1.83. The molecule has 3 amide bonds. The predicted octanol–water partition coefficient (Wildman–Crippen LogP) is 1.22. The van der Waals surface area contributed by atoms with Crippen LogP contribution in [0.3, 0.4) is 0 Å². The van der Waals surface area contributed by atoms with E-state index in [0.717, 1.165) is 4.90 Å². The third-order valence-corrected chi connectivity index (χ3v) is 2.81. The molecule has 4 nitrogen and oxygen atoms in total. The first-order chi connectivity index (χ1) is 7.47. The summed E-state index contributed by atoms with van der Waals surface area (Å²) in [7, 11) is 1.36. The van der Waals surface area contributed by atoms with Crippen LogP contribution in [0.4, 0.5) is 9.18 Å². The zero-order valence-corrected chi connectivity index (χ0v) is 8.95. The molecule has 1 heterocycles. The Morgan fingerprint density at radius 3 is 2.44 bits per heavy atom. The normalized spacial score (nSPS) is 24.8. The highest BCUT2D eigenvalue weighted by Crippen LogP contribution is 2.29. The first-order valence-corrected chi connectivity index (χ1v) is 4.82. The van der Waals surface area contributed by atoms with Gasteiger partial charge in [0.05, 0.1) is 0 Å². The Labute approximate surface area is 92.0 Å². The fraction of sp³-hybridized carbons (Fsp3) is 0.273. The molecule has 0 unspecified atom stereocenters. The van der Waals surface area contributed by atoms with E-state index >= 15 is 0 Å². The van der Waals surface area contributed by atoms with Crippen molar-refractivity contribution in [3.63, 3.8) is 0 Å². The lowest BCUT2D eigenvalue weighted by atomic mass is 9.91. The monoisotopic (exact) mass is 222 g/mol. The molecule has 0 bridgehead atoms. The second kappa shape index (κ2) is 3.30. The van der Waals surface area contributed by atoms with E-state index in [2.05, 4.69) is 5.32 Å². The Morgan fingerprint density at radius 2 is 1.94 bits per heavy atom. The zero-order valence-electron chi connectivity index (χ0n) is 8.95. The minimum Gasteiger partial charge on any atom is -0.319 e. The molecule has 16 heavy (non-hydrogen) atoms. The van der Waals surface area contributed by atoms with Crippen LogP contribution in [0.25, 0.3) is 0 Å². The number of hydrogen-bond donors (Lipinski definition) is 1. The number of imide groups is 1. The van der Waals surface area contributed by atoms with Gasteiger partial charge in [-0.1, -0.05) is 18.2 Å². The molecular weight excluding hydrogens is 211 g/mol. The number of amides is 3. The molecule has 5 heteroatoms. The summed E-state index contributed by atoms with van der Waals surface area (Å²) in [4.78, 5) is 24.2. The quantitative estimate of drug-likeness (QED) is 0.726. The summed E-state index contributed by atoms with van der Waals surface area (Å²) in [6.07, 6.45) is 0. The lowest BCUT2D eigenvalue weighted by molar-refractivity contribution is -0.130. The van der Waals surface area contributed by atoms with Gasteiger partial charge in [-0.2, -0.15) is 0 Å². The van der Waals surface area contributed by atoms with Gasteiger partial charge in [0.25, 0.3) is 5.91 Å². The van der Waals surface area contributed by atoms with Gasteiger partial charge in [0.1, 0.15) is 11.4 Å². The van der Waals surface area contributed by atoms with Crippen molar-refractivity contribution in [3.05, 3.63) is 35.6 Å².